The fraction of sp³-hybridized carbons (Fsp3) is 0.368. The zero-order valence-electron chi connectivity index (χ0n) is 15.3. The molecule has 0 unspecified atom stereocenters. The largest absolute Gasteiger partial charge is 0.483 e. The van der Waals surface area contributed by atoms with E-state index in [1.165, 1.54) is 11.3 Å². The maximum absolute atomic E-state index is 15.2. The van der Waals surface area contributed by atoms with E-state index in [9.17, 15) is 14.7 Å². The van der Waals surface area contributed by atoms with E-state index in [1.807, 2.05) is 18.7 Å². The van der Waals surface area contributed by atoms with Gasteiger partial charge < -0.3 is 20.1 Å². The number of ether oxygens (including phenoxy) is 1. The Balaban J connectivity index is 1.88. The molecule has 3 aromatic rings. The van der Waals surface area contributed by atoms with Crippen molar-refractivity contribution in [2.45, 2.75) is 32.5 Å². The molecule has 1 aromatic carbocycles. The van der Waals surface area contributed by atoms with Gasteiger partial charge in [0.05, 0.1) is 11.1 Å². The Morgan fingerprint density at radius 2 is 2.07 bits per heavy atom. The summed E-state index contributed by atoms with van der Waals surface area (Å²) in [6.07, 6.45) is 0. The van der Waals surface area contributed by atoms with Crippen LogP contribution in [0.5, 0.6) is 5.75 Å². The van der Waals surface area contributed by atoms with Crippen molar-refractivity contribution in [3.05, 3.63) is 38.7 Å². The van der Waals surface area contributed by atoms with Gasteiger partial charge in [0, 0.05) is 30.6 Å². The summed E-state index contributed by atoms with van der Waals surface area (Å²) in [5.74, 6) is -1.57. The molecule has 5 rings (SSSR count). The van der Waals surface area contributed by atoms with Crippen LogP contribution >= 0.6 is 11.3 Å². The van der Waals surface area contributed by atoms with Gasteiger partial charge in [-0.2, -0.15) is 0 Å². The van der Waals surface area contributed by atoms with Gasteiger partial charge in [0.2, 0.25) is 5.43 Å². The van der Waals surface area contributed by atoms with Crippen LogP contribution in [0.25, 0.3) is 15.7 Å². The molecule has 0 radical (unpaired) electrons. The van der Waals surface area contributed by atoms with Gasteiger partial charge in [-0.25, -0.2) is 9.18 Å². The molecule has 0 spiro atoms. The smallest absolute Gasteiger partial charge is 0.342 e. The van der Waals surface area contributed by atoms with Crippen molar-refractivity contribution < 1.29 is 19.0 Å². The average Bonchev–Trinajstić information content (AvgIpc) is 3.03. The Morgan fingerprint density at radius 3 is 2.75 bits per heavy atom. The second kappa shape index (κ2) is 5.92. The van der Waals surface area contributed by atoms with E-state index in [0.29, 0.717) is 34.9 Å². The van der Waals surface area contributed by atoms with Gasteiger partial charge in [0.25, 0.3) is 0 Å². The molecule has 9 heteroatoms. The first-order valence-corrected chi connectivity index (χ1v) is 9.93. The number of pyridine rings is 1. The topological polar surface area (TPSA) is 83.3 Å². The summed E-state index contributed by atoms with van der Waals surface area (Å²) in [5, 5.41) is 14.8. The number of benzene rings is 1. The van der Waals surface area contributed by atoms with E-state index in [1.54, 1.807) is 9.78 Å². The normalized spacial score (nSPS) is 21.5. The van der Waals surface area contributed by atoms with Crippen molar-refractivity contribution in [2.24, 2.45) is 0 Å². The molecule has 0 bridgehead atoms. The standard InChI is InChI=1S/C19H18FN3O4S/c1-8-4-22(5-9(2)21-8)15-12(20)3-11-14-17(15)27-6-10-7-28-18(23(10)14)13(16(11)24)19(25)26/h3,7-9,21H,4-6H2,1-2H3,(H,25,26)/t8-,9+. The molecule has 2 atom stereocenters. The molecule has 2 aliphatic heterocycles. The van der Waals surface area contributed by atoms with Crippen molar-refractivity contribution in [1.29, 1.82) is 0 Å². The third kappa shape index (κ3) is 2.29. The number of carbonyl (C=O) groups is 1. The third-order valence-electron chi connectivity index (χ3n) is 5.34. The van der Waals surface area contributed by atoms with Gasteiger partial charge in [-0.15, -0.1) is 11.3 Å². The number of rotatable bonds is 2. The first-order valence-electron chi connectivity index (χ1n) is 9.05. The molecule has 7 nitrogen and oxygen atoms in total. The summed E-state index contributed by atoms with van der Waals surface area (Å²) in [7, 11) is 0. The molecule has 0 aliphatic carbocycles. The predicted octanol–water partition coefficient (Wildman–Crippen LogP) is 2.43. The van der Waals surface area contributed by atoms with Gasteiger partial charge >= 0.3 is 5.97 Å². The highest BCUT2D eigenvalue weighted by Gasteiger charge is 2.32. The minimum absolute atomic E-state index is 0.0294. The zero-order chi connectivity index (χ0) is 19.7. The van der Waals surface area contributed by atoms with Crippen LogP contribution in [-0.4, -0.2) is 40.6 Å². The van der Waals surface area contributed by atoms with Gasteiger partial charge in [-0.05, 0) is 19.9 Å². The number of halogens is 1. The van der Waals surface area contributed by atoms with E-state index in [2.05, 4.69) is 5.32 Å². The lowest BCUT2D eigenvalue weighted by atomic mass is 10.1. The number of carboxylic acid groups (broad SMARTS) is 1. The molecule has 2 aliphatic rings. The SMILES string of the molecule is C[C@@H]1CN(c2c(F)cc3c(=O)c(C(=O)O)c4scc5n4c3c2OC5)C[C@H](C)N1. The summed E-state index contributed by atoms with van der Waals surface area (Å²) in [6, 6.07) is 1.50. The summed E-state index contributed by atoms with van der Waals surface area (Å²) < 4.78 is 22.9. The number of hydrogen-bond acceptors (Lipinski definition) is 6. The van der Waals surface area contributed by atoms with Crippen LogP contribution in [0.15, 0.2) is 16.2 Å². The molecular formula is C19H18FN3O4S. The summed E-state index contributed by atoms with van der Waals surface area (Å²) in [6.45, 7) is 5.47. The Morgan fingerprint density at radius 1 is 1.36 bits per heavy atom. The van der Waals surface area contributed by atoms with Crippen LogP contribution in [0.1, 0.15) is 29.9 Å². The molecular weight excluding hydrogens is 385 g/mol. The Labute approximate surface area is 162 Å². The van der Waals surface area contributed by atoms with Crippen molar-refractivity contribution in [1.82, 2.24) is 9.72 Å². The number of piperazine rings is 1. The number of anilines is 1. The van der Waals surface area contributed by atoms with E-state index in [0.717, 1.165) is 11.8 Å². The second-order valence-corrected chi connectivity index (χ2v) is 8.33. The van der Waals surface area contributed by atoms with Crippen molar-refractivity contribution in [3.63, 3.8) is 0 Å². The molecule has 1 saturated heterocycles. The molecule has 28 heavy (non-hydrogen) atoms. The van der Waals surface area contributed by atoms with Gasteiger partial charge in [-0.3, -0.25) is 9.20 Å². The second-order valence-electron chi connectivity index (χ2n) is 7.47. The molecule has 0 amide bonds. The van der Waals surface area contributed by atoms with Crippen LogP contribution in [0.2, 0.25) is 0 Å². The fourth-order valence-electron chi connectivity index (χ4n) is 4.38. The number of carboxylic acids is 1. The van der Waals surface area contributed by atoms with E-state index in [4.69, 9.17) is 4.74 Å². The number of hydrogen-bond donors (Lipinski definition) is 2. The molecule has 0 saturated carbocycles. The third-order valence-corrected chi connectivity index (χ3v) is 6.34. The zero-order valence-corrected chi connectivity index (χ0v) is 16.1. The van der Waals surface area contributed by atoms with Crippen LogP contribution in [0.3, 0.4) is 0 Å². The van der Waals surface area contributed by atoms with Crippen LogP contribution in [-0.2, 0) is 6.61 Å². The Hall–Kier alpha value is -2.65. The molecule has 2 N–H and O–H groups in total. The van der Waals surface area contributed by atoms with E-state index >= 15 is 4.39 Å². The minimum Gasteiger partial charge on any atom is -0.483 e. The number of thiazole rings is 1. The van der Waals surface area contributed by atoms with Crippen molar-refractivity contribution >= 4 is 38.7 Å². The molecule has 4 heterocycles. The average molecular weight is 403 g/mol. The van der Waals surface area contributed by atoms with Crippen LogP contribution in [0.4, 0.5) is 10.1 Å². The first-order chi connectivity index (χ1) is 13.4. The number of nitrogens with one attached hydrogen (secondary N) is 1. The van der Waals surface area contributed by atoms with Gasteiger partial charge in [0.1, 0.15) is 28.2 Å². The highest BCUT2D eigenvalue weighted by atomic mass is 32.1. The highest BCUT2D eigenvalue weighted by molar-refractivity contribution is 7.16. The fourth-order valence-corrected chi connectivity index (χ4v) is 5.42. The quantitative estimate of drug-likeness (QED) is 0.684. The lowest BCUT2D eigenvalue weighted by molar-refractivity contribution is 0.0697. The maximum atomic E-state index is 15.2. The maximum Gasteiger partial charge on any atom is 0.342 e. The first kappa shape index (κ1) is 17.4. The Kier molecular flexibility index (Phi) is 3.69. The predicted molar refractivity (Wildman–Crippen MR) is 105 cm³/mol. The number of nitrogens with zero attached hydrogens (tertiary/aromatic N) is 2. The van der Waals surface area contributed by atoms with Crippen molar-refractivity contribution in [3.8, 4) is 5.75 Å². The molecule has 146 valence electrons. The Bertz CT molecular complexity index is 1210. The van der Waals surface area contributed by atoms with Crippen LogP contribution in [0, 0.1) is 5.82 Å². The monoisotopic (exact) mass is 403 g/mol. The van der Waals surface area contributed by atoms with E-state index < -0.39 is 17.2 Å². The lowest BCUT2D eigenvalue weighted by Crippen LogP contribution is -2.54. The number of aromatic nitrogens is 1. The summed E-state index contributed by atoms with van der Waals surface area (Å²) >= 11 is 1.19. The number of aromatic carboxylic acids is 1. The molecule has 2 aromatic heterocycles. The van der Waals surface area contributed by atoms with Gasteiger partial charge in [0.15, 0.2) is 11.6 Å². The summed E-state index contributed by atoms with van der Waals surface area (Å²) in [4.78, 5) is 26.9. The molecule has 1 fully saturated rings. The summed E-state index contributed by atoms with van der Waals surface area (Å²) in [5.41, 5.74) is 0.520. The van der Waals surface area contributed by atoms with Crippen molar-refractivity contribution in [2.75, 3.05) is 18.0 Å². The minimum atomic E-state index is -1.31. The van der Waals surface area contributed by atoms with Gasteiger partial charge in [-0.1, -0.05) is 0 Å². The lowest BCUT2D eigenvalue weighted by Gasteiger charge is -2.39. The highest BCUT2D eigenvalue weighted by Crippen LogP contribution is 2.43. The van der Waals surface area contributed by atoms with Crippen LogP contribution < -0.4 is 20.4 Å². The van der Waals surface area contributed by atoms with E-state index in [-0.39, 0.29) is 29.6 Å².